The molecule has 2 aliphatic heterocycles. The Morgan fingerprint density at radius 1 is 1.26 bits per heavy atom. The summed E-state index contributed by atoms with van der Waals surface area (Å²) in [5.74, 6) is -0.119. The minimum absolute atomic E-state index is 0.0580. The summed E-state index contributed by atoms with van der Waals surface area (Å²) in [6.07, 6.45) is 4.13. The number of piperazine rings is 1. The lowest BCUT2D eigenvalue weighted by Crippen LogP contribution is -2.58. The van der Waals surface area contributed by atoms with E-state index in [9.17, 15) is 20.0 Å². The van der Waals surface area contributed by atoms with Gasteiger partial charge >= 0.3 is 5.97 Å². The van der Waals surface area contributed by atoms with Crippen LogP contribution >= 0.6 is 0 Å². The van der Waals surface area contributed by atoms with Gasteiger partial charge in [-0.2, -0.15) is 5.26 Å². The maximum atomic E-state index is 13.1. The molecule has 2 aromatic rings. The summed E-state index contributed by atoms with van der Waals surface area (Å²) in [6, 6.07) is 2.85. The topological polar surface area (TPSA) is 120 Å². The first kappa shape index (κ1) is 22.4. The van der Waals surface area contributed by atoms with Crippen LogP contribution in [-0.4, -0.2) is 58.1 Å². The average molecular weight is 465 g/mol. The van der Waals surface area contributed by atoms with Crippen LogP contribution in [0.15, 0.2) is 16.7 Å². The Morgan fingerprint density at radius 2 is 2.03 bits per heavy atom. The van der Waals surface area contributed by atoms with Crippen molar-refractivity contribution in [3.8, 4) is 6.07 Å². The fourth-order valence-corrected chi connectivity index (χ4v) is 5.01. The van der Waals surface area contributed by atoms with Crippen molar-refractivity contribution in [2.45, 2.75) is 64.2 Å². The number of hydrogen-bond acceptors (Lipinski definition) is 7. The Hall–Kier alpha value is -3.38. The zero-order chi connectivity index (χ0) is 24.2. The largest absolute Gasteiger partial charge is 0.480 e. The molecule has 1 amide bonds. The molecule has 1 saturated carbocycles. The Balaban J connectivity index is 1.52. The van der Waals surface area contributed by atoms with Gasteiger partial charge in [-0.3, -0.25) is 4.79 Å². The number of carbonyl (C=O) groups is 2. The second-order valence-corrected chi connectivity index (χ2v) is 9.95. The van der Waals surface area contributed by atoms with Crippen molar-refractivity contribution in [3.63, 3.8) is 0 Å². The molecule has 34 heavy (non-hydrogen) atoms. The molecular formula is C25H28N4O5. The summed E-state index contributed by atoms with van der Waals surface area (Å²) in [5, 5.41) is 20.1. The number of aliphatic carboxylic acids is 1. The maximum absolute atomic E-state index is 13.1. The predicted molar refractivity (Wildman–Crippen MR) is 122 cm³/mol. The summed E-state index contributed by atoms with van der Waals surface area (Å²) in [4.78, 5) is 33.5. The van der Waals surface area contributed by atoms with Crippen molar-refractivity contribution >= 4 is 17.7 Å². The highest BCUT2D eigenvalue weighted by Gasteiger charge is 2.41. The average Bonchev–Trinajstić information content (AvgIpc) is 3.56. The Kier molecular flexibility index (Phi) is 5.36. The molecule has 0 bridgehead atoms. The lowest BCUT2D eigenvalue weighted by Gasteiger charge is -2.41. The van der Waals surface area contributed by atoms with Crippen LogP contribution in [0.5, 0.6) is 0 Å². The van der Waals surface area contributed by atoms with E-state index in [-0.39, 0.29) is 19.0 Å². The van der Waals surface area contributed by atoms with Crippen LogP contribution in [0.3, 0.4) is 0 Å². The number of rotatable bonds is 4. The Bertz CT molecular complexity index is 1210. The SMILES string of the molecule is Cc1occc1C(=O)N1CCN(c2nc(C3CC3)c3c(c2C#N)CC(C)(C)OC3)CC1C(=O)O. The van der Waals surface area contributed by atoms with E-state index in [2.05, 4.69) is 6.07 Å². The van der Waals surface area contributed by atoms with Crippen molar-refractivity contribution in [1.82, 2.24) is 9.88 Å². The molecule has 2 aromatic heterocycles. The fourth-order valence-electron chi connectivity index (χ4n) is 5.01. The van der Waals surface area contributed by atoms with E-state index in [1.54, 1.807) is 13.0 Å². The monoisotopic (exact) mass is 464 g/mol. The van der Waals surface area contributed by atoms with E-state index in [1.807, 2.05) is 18.7 Å². The van der Waals surface area contributed by atoms with Crippen molar-refractivity contribution in [2.75, 3.05) is 24.5 Å². The second-order valence-electron chi connectivity index (χ2n) is 9.95. The van der Waals surface area contributed by atoms with Crippen LogP contribution in [0, 0.1) is 18.3 Å². The third kappa shape index (κ3) is 3.82. The molecule has 1 saturated heterocycles. The number of hydrogen-bond donors (Lipinski definition) is 1. The van der Waals surface area contributed by atoms with E-state index < -0.39 is 17.6 Å². The third-order valence-electron chi connectivity index (χ3n) is 7.03. The summed E-state index contributed by atoms with van der Waals surface area (Å²) in [5.41, 5.74) is 3.41. The molecule has 178 valence electrons. The standard InChI is InChI=1S/C25H28N4O5/c1-14-16(6-9-33-14)23(30)29-8-7-28(12-20(29)24(31)32)22-18(11-26)17-10-25(2,3)34-13-19(17)21(27-22)15-4-5-15/h6,9,15,20H,4-5,7-8,10,12-13H2,1-3H3,(H,31,32). The number of nitriles is 1. The van der Waals surface area contributed by atoms with Crippen LogP contribution in [0.1, 0.15) is 71.1 Å². The highest BCUT2D eigenvalue weighted by Crippen LogP contribution is 2.45. The number of fused-ring (bicyclic) bond motifs is 1. The highest BCUT2D eigenvalue weighted by atomic mass is 16.5. The first-order valence-electron chi connectivity index (χ1n) is 11.6. The number of furan rings is 1. The maximum Gasteiger partial charge on any atom is 0.328 e. The summed E-state index contributed by atoms with van der Waals surface area (Å²) in [7, 11) is 0. The third-order valence-corrected chi connectivity index (χ3v) is 7.03. The van der Waals surface area contributed by atoms with Gasteiger partial charge in [-0.1, -0.05) is 0 Å². The van der Waals surface area contributed by atoms with Gasteiger partial charge in [0.05, 0.1) is 41.8 Å². The number of aryl methyl sites for hydroxylation is 1. The van der Waals surface area contributed by atoms with Crippen LogP contribution < -0.4 is 4.90 Å². The molecule has 2 fully saturated rings. The quantitative estimate of drug-likeness (QED) is 0.733. The molecular weight excluding hydrogens is 436 g/mol. The van der Waals surface area contributed by atoms with Gasteiger partial charge in [0.1, 0.15) is 23.7 Å². The number of nitrogens with zero attached hydrogens (tertiary/aromatic N) is 4. The number of carboxylic acids is 1. The molecule has 5 rings (SSSR count). The Labute approximate surface area is 197 Å². The van der Waals surface area contributed by atoms with Gasteiger partial charge in [-0.25, -0.2) is 9.78 Å². The van der Waals surface area contributed by atoms with E-state index in [1.165, 1.54) is 11.2 Å². The zero-order valence-corrected chi connectivity index (χ0v) is 19.6. The summed E-state index contributed by atoms with van der Waals surface area (Å²) < 4.78 is 11.3. The van der Waals surface area contributed by atoms with Gasteiger partial charge in [0, 0.05) is 31.0 Å². The minimum atomic E-state index is -1.09. The molecule has 1 atom stereocenters. The van der Waals surface area contributed by atoms with Crippen molar-refractivity contribution in [2.24, 2.45) is 0 Å². The van der Waals surface area contributed by atoms with E-state index in [0.29, 0.717) is 48.2 Å². The molecule has 9 nitrogen and oxygen atoms in total. The normalized spacial score (nSPS) is 21.6. The Morgan fingerprint density at radius 3 is 2.65 bits per heavy atom. The first-order chi connectivity index (χ1) is 16.2. The van der Waals surface area contributed by atoms with E-state index in [4.69, 9.17) is 14.1 Å². The summed E-state index contributed by atoms with van der Waals surface area (Å²) in [6.45, 7) is 6.78. The molecule has 0 spiro atoms. The van der Waals surface area contributed by atoms with Gasteiger partial charge in [0.25, 0.3) is 5.91 Å². The lowest BCUT2D eigenvalue weighted by molar-refractivity contribution is -0.142. The first-order valence-corrected chi connectivity index (χ1v) is 11.6. The van der Waals surface area contributed by atoms with E-state index >= 15 is 0 Å². The van der Waals surface area contributed by atoms with Crippen LogP contribution in [-0.2, 0) is 22.6 Å². The summed E-state index contributed by atoms with van der Waals surface area (Å²) >= 11 is 0. The molecule has 1 unspecified atom stereocenters. The molecule has 4 heterocycles. The minimum Gasteiger partial charge on any atom is -0.480 e. The zero-order valence-electron chi connectivity index (χ0n) is 19.6. The second kappa shape index (κ2) is 8.13. The fraction of sp³-hybridized carbons (Fsp3) is 0.520. The van der Waals surface area contributed by atoms with E-state index in [0.717, 1.165) is 29.7 Å². The van der Waals surface area contributed by atoms with Gasteiger partial charge in [0.15, 0.2) is 0 Å². The molecule has 9 heteroatoms. The number of pyridine rings is 1. The van der Waals surface area contributed by atoms with Gasteiger partial charge in [-0.05, 0) is 45.2 Å². The number of aromatic nitrogens is 1. The van der Waals surface area contributed by atoms with Crippen LogP contribution in [0.2, 0.25) is 0 Å². The number of anilines is 1. The molecule has 0 aromatic carbocycles. The molecule has 1 aliphatic carbocycles. The van der Waals surface area contributed by atoms with Crippen LogP contribution in [0.4, 0.5) is 5.82 Å². The number of carbonyl (C=O) groups excluding carboxylic acids is 1. The highest BCUT2D eigenvalue weighted by molar-refractivity contribution is 5.97. The van der Waals surface area contributed by atoms with Gasteiger partial charge in [-0.15, -0.1) is 0 Å². The van der Waals surface area contributed by atoms with Gasteiger partial charge < -0.3 is 24.1 Å². The molecule has 3 aliphatic rings. The lowest BCUT2D eigenvalue weighted by atomic mass is 9.87. The molecule has 0 radical (unpaired) electrons. The van der Waals surface area contributed by atoms with Crippen molar-refractivity contribution in [1.29, 1.82) is 5.26 Å². The molecule has 1 N–H and O–H groups in total. The van der Waals surface area contributed by atoms with Crippen LogP contribution in [0.25, 0.3) is 0 Å². The van der Waals surface area contributed by atoms with Gasteiger partial charge in [0.2, 0.25) is 0 Å². The smallest absolute Gasteiger partial charge is 0.328 e. The van der Waals surface area contributed by atoms with Crippen molar-refractivity contribution < 1.29 is 23.8 Å². The predicted octanol–water partition coefficient (Wildman–Crippen LogP) is 3.00. The number of amides is 1. The number of carboxylic acid groups (broad SMARTS) is 1. The van der Waals surface area contributed by atoms with Crippen molar-refractivity contribution in [3.05, 3.63) is 46.0 Å². The number of ether oxygens (including phenoxy) is 1.